The fraction of sp³-hybridized carbons (Fsp3) is 0.867. The molecule has 0 aromatic rings. The van der Waals surface area contributed by atoms with Crippen LogP contribution in [-0.2, 0) is 9.53 Å². The summed E-state index contributed by atoms with van der Waals surface area (Å²) in [4.78, 5) is 22.9. The lowest BCUT2D eigenvalue weighted by molar-refractivity contribution is -0.154. The molecule has 0 unspecified atom stereocenters. The van der Waals surface area contributed by atoms with Crippen LogP contribution >= 0.6 is 11.8 Å². The SMILES string of the molecule is CC(C)(C)OC(=O)CCCCC[C@@H]1SC[C@@H]2NC(=O)N[C@@H]21. The van der Waals surface area contributed by atoms with Crippen molar-refractivity contribution in [3.05, 3.63) is 0 Å². The van der Waals surface area contributed by atoms with Crippen molar-refractivity contribution in [2.24, 2.45) is 0 Å². The van der Waals surface area contributed by atoms with Crippen LogP contribution in [0.5, 0.6) is 0 Å². The van der Waals surface area contributed by atoms with Crippen molar-refractivity contribution in [1.29, 1.82) is 0 Å². The molecule has 5 nitrogen and oxygen atoms in total. The molecule has 2 saturated heterocycles. The summed E-state index contributed by atoms with van der Waals surface area (Å²) in [6.45, 7) is 5.67. The van der Waals surface area contributed by atoms with E-state index in [2.05, 4.69) is 10.6 Å². The molecule has 2 rings (SSSR count). The van der Waals surface area contributed by atoms with Gasteiger partial charge in [-0.1, -0.05) is 12.8 Å². The second kappa shape index (κ2) is 6.90. The number of unbranched alkanes of at least 4 members (excludes halogenated alkanes) is 2. The number of carbonyl (C=O) groups excluding carboxylic acids is 2. The van der Waals surface area contributed by atoms with E-state index in [1.54, 1.807) is 0 Å². The molecule has 0 aliphatic carbocycles. The smallest absolute Gasteiger partial charge is 0.315 e. The molecule has 6 heteroatoms. The zero-order valence-corrected chi connectivity index (χ0v) is 13.9. The van der Waals surface area contributed by atoms with Crippen LogP contribution in [0.3, 0.4) is 0 Å². The van der Waals surface area contributed by atoms with E-state index in [9.17, 15) is 9.59 Å². The number of hydrogen-bond donors (Lipinski definition) is 2. The standard InChI is InChI=1S/C15H26N2O3S/c1-15(2,3)20-12(18)8-6-4-5-7-11-13-10(9-21-11)16-14(19)17-13/h10-11,13H,4-9H2,1-3H3,(H2,16,17,19)/t10-,11-,13-/m0/s1. The Bertz CT molecular complexity index is 395. The lowest BCUT2D eigenvalue weighted by Gasteiger charge is -2.19. The molecule has 2 aliphatic heterocycles. The molecule has 0 aromatic heterocycles. The zero-order valence-electron chi connectivity index (χ0n) is 13.1. The maximum Gasteiger partial charge on any atom is 0.315 e. The largest absolute Gasteiger partial charge is 0.460 e. The van der Waals surface area contributed by atoms with Gasteiger partial charge < -0.3 is 15.4 Å². The van der Waals surface area contributed by atoms with Gasteiger partial charge in [0.2, 0.25) is 0 Å². The summed E-state index contributed by atoms with van der Waals surface area (Å²) in [6, 6.07) is 0.558. The molecule has 120 valence electrons. The summed E-state index contributed by atoms with van der Waals surface area (Å²) >= 11 is 1.94. The van der Waals surface area contributed by atoms with Gasteiger partial charge in [-0.25, -0.2) is 4.79 Å². The molecule has 2 heterocycles. The summed E-state index contributed by atoms with van der Waals surface area (Å²) in [5.41, 5.74) is -0.389. The molecule has 2 amide bonds. The number of rotatable bonds is 6. The van der Waals surface area contributed by atoms with E-state index in [-0.39, 0.29) is 23.6 Å². The highest BCUT2D eigenvalue weighted by Gasteiger charge is 2.42. The first-order chi connectivity index (χ1) is 9.85. The third-order valence-corrected chi connectivity index (χ3v) is 5.24. The van der Waals surface area contributed by atoms with Crippen LogP contribution in [0.15, 0.2) is 0 Å². The Morgan fingerprint density at radius 1 is 1.29 bits per heavy atom. The van der Waals surface area contributed by atoms with Gasteiger partial charge in [0.05, 0.1) is 12.1 Å². The molecule has 0 aromatic carbocycles. The predicted octanol–water partition coefficient (Wildman–Crippen LogP) is 2.44. The molecule has 0 radical (unpaired) electrons. The van der Waals surface area contributed by atoms with E-state index >= 15 is 0 Å². The zero-order chi connectivity index (χ0) is 15.5. The lowest BCUT2D eigenvalue weighted by Crippen LogP contribution is -2.36. The van der Waals surface area contributed by atoms with Crippen molar-refractivity contribution in [3.8, 4) is 0 Å². The van der Waals surface area contributed by atoms with Gasteiger partial charge in [0.15, 0.2) is 0 Å². The molecule has 21 heavy (non-hydrogen) atoms. The Labute approximate surface area is 130 Å². The van der Waals surface area contributed by atoms with Crippen molar-refractivity contribution in [2.75, 3.05) is 5.75 Å². The van der Waals surface area contributed by atoms with E-state index in [1.807, 2.05) is 32.5 Å². The molecule has 3 atom stereocenters. The minimum absolute atomic E-state index is 0.0276. The van der Waals surface area contributed by atoms with Gasteiger partial charge in [0, 0.05) is 17.4 Å². The second-order valence-electron chi connectivity index (χ2n) is 6.81. The quantitative estimate of drug-likeness (QED) is 0.449. The average molecular weight is 314 g/mol. The fourth-order valence-corrected chi connectivity index (χ4v) is 4.37. The van der Waals surface area contributed by atoms with Crippen LogP contribution in [0.25, 0.3) is 0 Å². The highest BCUT2D eigenvalue weighted by Crippen LogP contribution is 2.33. The number of urea groups is 1. The first kappa shape index (κ1) is 16.5. The van der Waals surface area contributed by atoms with Gasteiger partial charge in [-0.3, -0.25) is 4.79 Å². The van der Waals surface area contributed by atoms with Gasteiger partial charge >= 0.3 is 12.0 Å². The van der Waals surface area contributed by atoms with Gasteiger partial charge in [-0.2, -0.15) is 11.8 Å². The molecular formula is C15H26N2O3S. The van der Waals surface area contributed by atoms with Crippen molar-refractivity contribution in [2.45, 2.75) is 75.8 Å². The molecular weight excluding hydrogens is 288 g/mol. The van der Waals surface area contributed by atoms with Crippen LogP contribution in [0, 0.1) is 0 Å². The van der Waals surface area contributed by atoms with Crippen molar-refractivity contribution < 1.29 is 14.3 Å². The summed E-state index contributed by atoms with van der Waals surface area (Å²) in [6.07, 6.45) is 4.61. The van der Waals surface area contributed by atoms with Crippen molar-refractivity contribution in [1.82, 2.24) is 10.6 Å². The number of thioether (sulfide) groups is 1. The third kappa shape index (κ3) is 5.09. The highest BCUT2D eigenvalue weighted by molar-refractivity contribution is 8.00. The topological polar surface area (TPSA) is 67.4 Å². The van der Waals surface area contributed by atoms with E-state index in [1.165, 1.54) is 0 Å². The molecule has 2 N–H and O–H groups in total. The molecule has 0 spiro atoms. The van der Waals surface area contributed by atoms with Gasteiger partial charge in [-0.05, 0) is 33.6 Å². The van der Waals surface area contributed by atoms with Crippen LogP contribution in [0.4, 0.5) is 4.79 Å². The maximum atomic E-state index is 11.6. The highest BCUT2D eigenvalue weighted by atomic mass is 32.2. The summed E-state index contributed by atoms with van der Waals surface area (Å²) < 4.78 is 5.29. The Morgan fingerprint density at radius 2 is 2.05 bits per heavy atom. The number of carbonyl (C=O) groups is 2. The number of nitrogens with one attached hydrogen (secondary N) is 2. The van der Waals surface area contributed by atoms with Gasteiger partial charge in [0.25, 0.3) is 0 Å². The van der Waals surface area contributed by atoms with E-state index in [0.717, 1.165) is 31.4 Å². The van der Waals surface area contributed by atoms with Crippen LogP contribution in [-0.4, -0.2) is 40.7 Å². The number of esters is 1. The Balaban J connectivity index is 1.56. The minimum atomic E-state index is -0.389. The normalized spacial score (nSPS) is 28.0. The number of amides is 2. The number of hydrogen-bond acceptors (Lipinski definition) is 4. The van der Waals surface area contributed by atoms with Crippen LogP contribution in [0.2, 0.25) is 0 Å². The molecule has 2 aliphatic rings. The maximum absolute atomic E-state index is 11.6. The van der Waals surface area contributed by atoms with Crippen LogP contribution < -0.4 is 10.6 Å². The number of fused-ring (bicyclic) bond motifs is 1. The third-order valence-electron chi connectivity index (χ3n) is 3.73. The minimum Gasteiger partial charge on any atom is -0.460 e. The first-order valence-corrected chi connectivity index (χ1v) is 8.80. The fourth-order valence-electron chi connectivity index (χ4n) is 2.83. The molecule has 0 saturated carbocycles. The average Bonchev–Trinajstić information content (AvgIpc) is 2.86. The molecule has 0 bridgehead atoms. The van der Waals surface area contributed by atoms with Gasteiger partial charge in [0.1, 0.15) is 5.60 Å². The second-order valence-corrected chi connectivity index (χ2v) is 8.08. The van der Waals surface area contributed by atoms with Crippen molar-refractivity contribution in [3.63, 3.8) is 0 Å². The van der Waals surface area contributed by atoms with Gasteiger partial charge in [-0.15, -0.1) is 0 Å². The first-order valence-electron chi connectivity index (χ1n) is 7.75. The van der Waals surface area contributed by atoms with E-state index < -0.39 is 0 Å². The number of ether oxygens (including phenoxy) is 1. The lowest BCUT2D eigenvalue weighted by atomic mass is 10.0. The predicted molar refractivity (Wildman–Crippen MR) is 84.4 cm³/mol. The van der Waals surface area contributed by atoms with E-state index in [0.29, 0.717) is 17.7 Å². The summed E-state index contributed by atoms with van der Waals surface area (Å²) in [7, 11) is 0. The summed E-state index contributed by atoms with van der Waals surface area (Å²) in [5.74, 6) is 0.900. The van der Waals surface area contributed by atoms with Crippen LogP contribution in [0.1, 0.15) is 52.9 Å². The Morgan fingerprint density at radius 3 is 2.76 bits per heavy atom. The van der Waals surface area contributed by atoms with E-state index in [4.69, 9.17) is 4.74 Å². The molecule has 2 fully saturated rings. The summed E-state index contributed by atoms with van der Waals surface area (Å²) in [5, 5.41) is 6.47. The van der Waals surface area contributed by atoms with Crippen molar-refractivity contribution >= 4 is 23.8 Å². The Kier molecular flexibility index (Phi) is 5.41. The monoisotopic (exact) mass is 314 g/mol. The Hall–Kier alpha value is -0.910.